The van der Waals surface area contributed by atoms with Gasteiger partial charge in [0.25, 0.3) is 0 Å². The first-order valence-corrected chi connectivity index (χ1v) is 16.4. The molecule has 0 N–H and O–H groups in total. The van der Waals surface area contributed by atoms with Crippen molar-refractivity contribution in [3.63, 3.8) is 0 Å². The van der Waals surface area contributed by atoms with Crippen molar-refractivity contribution in [2.75, 3.05) is 0 Å². The van der Waals surface area contributed by atoms with Crippen LogP contribution in [0.1, 0.15) is 5.56 Å². The van der Waals surface area contributed by atoms with E-state index in [1.807, 2.05) is 66.7 Å². The molecule has 50 heavy (non-hydrogen) atoms. The molecule has 0 saturated carbocycles. The molecule has 7 aromatic carbocycles. The Hall–Kier alpha value is -7.28. The summed E-state index contributed by atoms with van der Waals surface area (Å²) in [5, 5.41) is 19.0. The fraction of sp³-hybridized carbons (Fsp3) is 0. The minimum atomic E-state index is 0.386. The number of benzene rings is 7. The quantitative estimate of drug-likeness (QED) is 0.177. The average Bonchev–Trinajstić information content (AvgIpc) is 3.91. The van der Waals surface area contributed by atoms with Gasteiger partial charge in [0.2, 0.25) is 0 Å². The minimum absolute atomic E-state index is 0.386. The molecule has 0 radical (unpaired) electrons. The predicted molar refractivity (Wildman–Crippen MR) is 201 cm³/mol. The Labute approximate surface area is 283 Å². The lowest BCUT2D eigenvalue weighted by Crippen LogP contribution is -2.06. The van der Waals surface area contributed by atoms with E-state index < -0.39 is 0 Å². The summed E-state index contributed by atoms with van der Waals surface area (Å²) in [5.74, 6) is 0. The maximum atomic E-state index is 10.8. The molecule has 0 spiro atoms. The van der Waals surface area contributed by atoms with Gasteiger partial charge in [-0.3, -0.25) is 0 Å². The van der Waals surface area contributed by atoms with E-state index in [1.165, 1.54) is 0 Å². The van der Waals surface area contributed by atoms with Crippen LogP contribution in [0.4, 0.5) is 5.69 Å². The second kappa shape index (κ2) is 9.64. The van der Waals surface area contributed by atoms with Gasteiger partial charge in [-0.1, -0.05) is 72.8 Å². The number of fused-ring (bicyclic) bond motifs is 14. The van der Waals surface area contributed by atoms with Gasteiger partial charge in [0.1, 0.15) is 28.4 Å². The van der Waals surface area contributed by atoms with E-state index in [9.17, 15) is 5.26 Å². The van der Waals surface area contributed by atoms with Crippen LogP contribution in [0.5, 0.6) is 0 Å². The van der Waals surface area contributed by atoms with Gasteiger partial charge in [0.05, 0.1) is 56.3 Å². The van der Waals surface area contributed by atoms with E-state index in [1.54, 1.807) is 6.07 Å². The molecule has 0 bridgehead atoms. The van der Waals surface area contributed by atoms with E-state index in [0.29, 0.717) is 16.9 Å². The van der Waals surface area contributed by atoms with Crippen molar-refractivity contribution in [3.05, 3.63) is 150 Å². The predicted octanol–water partition coefficient (Wildman–Crippen LogP) is 12.1. The van der Waals surface area contributed by atoms with Crippen LogP contribution in [0.2, 0.25) is 0 Å². The maximum absolute atomic E-state index is 10.8. The van der Waals surface area contributed by atoms with Gasteiger partial charge in [0.15, 0.2) is 5.69 Å². The SMILES string of the molecule is [C-]#[N+]c1cc(C#N)c(-n2c3ccccc3c3c4oc5ccccc5c4ccc32)c(-n2c3ccccc3c3c4oc5ccccc5c4ccc32)c1. The summed E-state index contributed by atoms with van der Waals surface area (Å²) in [6.45, 7) is 8.06. The third kappa shape index (κ3) is 3.34. The van der Waals surface area contributed by atoms with Crippen LogP contribution in [0.25, 0.3) is 104 Å². The fourth-order valence-corrected chi connectivity index (χ4v) is 8.13. The summed E-state index contributed by atoms with van der Waals surface area (Å²) in [4.78, 5) is 3.84. The summed E-state index contributed by atoms with van der Waals surface area (Å²) in [6, 6.07) is 47.3. The van der Waals surface area contributed by atoms with Gasteiger partial charge >= 0.3 is 0 Å². The topological polar surface area (TPSA) is 64.3 Å². The third-order valence-corrected chi connectivity index (χ3v) is 10.1. The zero-order valence-corrected chi connectivity index (χ0v) is 26.3. The van der Waals surface area contributed by atoms with Crippen molar-refractivity contribution in [2.24, 2.45) is 0 Å². The van der Waals surface area contributed by atoms with E-state index in [-0.39, 0.29) is 0 Å². The van der Waals surface area contributed by atoms with E-state index >= 15 is 0 Å². The molecule has 0 aliphatic carbocycles. The van der Waals surface area contributed by atoms with Crippen molar-refractivity contribution in [2.45, 2.75) is 0 Å². The van der Waals surface area contributed by atoms with Gasteiger partial charge in [-0.2, -0.15) is 5.26 Å². The highest BCUT2D eigenvalue weighted by molar-refractivity contribution is 6.25. The standard InChI is InChI=1S/C44H22N4O2/c1-46-26-22-25(24-45)42(48-34-15-7-3-13-32(34)41-36(48)21-19-30-28-11-5-9-17-39(28)50-44(30)41)37(23-26)47-33-14-6-2-12-31(33)40-35(47)20-18-29-27-10-4-8-16-38(27)49-43(29)40/h2-23H. The second-order valence-corrected chi connectivity index (χ2v) is 12.7. The van der Waals surface area contributed by atoms with Crippen molar-refractivity contribution < 1.29 is 8.83 Å². The first-order valence-electron chi connectivity index (χ1n) is 16.4. The average molecular weight is 639 g/mol. The number of rotatable bonds is 2. The Balaban J connectivity index is 1.34. The largest absolute Gasteiger partial charge is 0.455 e. The lowest BCUT2D eigenvalue weighted by atomic mass is 10.1. The Morgan fingerprint density at radius 3 is 1.58 bits per heavy atom. The molecular weight excluding hydrogens is 617 g/mol. The Bertz CT molecular complexity index is 3360. The molecule has 6 heteroatoms. The van der Waals surface area contributed by atoms with Crippen molar-refractivity contribution in [3.8, 4) is 17.4 Å². The fourth-order valence-electron chi connectivity index (χ4n) is 8.13. The molecule has 0 aliphatic heterocycles. The molecule has 6 nitrogen and oxygen atoms in total. The molecule has 0 amide bonds. The molecule has 4 aromatic heterocycles. The molecule has 0 aliphatic rings. The zero-order chi connectivity index (χ0) is 33.1. The van der Waals surface area contributed by atoms with Crippen molar-refractivity contribution >= 4 is 93.2 Å². The summed E-state index contributed by atoms with van der Waals surface area (Å²) in [6.07, 6.45) is 0. The van der Waals surface area contributed by atoms with E-state index in [0.717, 1.165) is 93.2 Å². The number of furan rings is 2. The summed E-state index contributed by atoms with van der Waals surface area (Å²) >= 11 is 0. The lowest BCUT2D eigenvalue weighted by molar-refractivity contribution is 0.672. The first-order chi connectivity index (χ1) is 24.7. The molecule has 11 rings (SSSR count). The Kier molecular flexibility index (Phi) is 5.16. The summed E-state index contributed by atoms with van der Waals surface area (Å²) in [7, 11) is 0. The van der Waals surface area contributed by atoms with Gasteiger partial charge in [-0.25, -0.2) is 4.85 Å². The number of para-hydroxylation sites is 4. The van der Waals surface area contributed by atoms with Crippen LogP contribution in [0, 0.1) is 17.9 Å². The van der Waals surface area contributed by atoms with Crippen LogP contribution >= 0.6 is 0 Å². The van der Waals surface area contributed by atoms with Gasteiger partial charge < -0.3 is 18.0 Å². The molecule has 0 saturated heterocycles. The molecule has 0 atom stereocenters. The highest BCUT2D eigenvalue weighted by Gasteiger charge is 2.26. The van der Waals surface area contributed by atoms with Crippen molar-refractivity contribution in [1.29, 1.82) is 5.26 Å². The number of aromatic nitrogens is 2. The number of nitriles is 1. The molecule has 230 valence electrons. The molecule has 11 aromatic rings. The molecule has 0 fully saturated rings. The number of nitrogens with zero attached hydrogens (tertiary/aromatic N) is 4. The summed E-state index contributed by atoms with van der Waals surface area (Å²) in [5.41, 5.74) is 9.19. The van der Waals surface area contributed by atoms with Crippen LogP contribution in [0.15, 0.2) is 142 Å². The van der Waals surface area contributed by atoms with Crippen molar-refractivity contribution in [1.82, 2.24) is 9.13 Å². The monoisotopic (exact) mass is 638 g/mol. The lowest BCUT2D eigenvalue weighted by Gasteiger charge is -2.19. The number of hydrogen-bond donors (Lipinski definition) is 0. The highest BCUT2D eigenvalue weighted by Crippen LogP contribution is 2.45. The molecule has 4 heterocycles. The highest BCUT2D eigenvalue weighted by atomic mass is 16.3. The second-order valence-electron chi connectivity index (χ2n) is 12.7. The maximum Gasteiger partial charge on any atom is 0.190 e. The molecule has 0 unspecified atom stereocenters. The zero-order valence-electron chi connectivity index (χ0n) is 26.3. The summed E-state index contributed by atoms with van der Waals surface area (Å²) < 4.78 is 17.5. The minimum Gasteiger partial charge on any atom is -0.455 e. The van der Waals surface area contributed by atoms with E-state index in [4.69, 9.17) is 15.4 Å². The van der Waals surface area contributed by atoms with Crippen LogP contribution in [-0.2, 0) is 0 Å². The smallest absolute Gasteiger partial charge is 0.190 e. The van der Waals surface area contributed by atoms with Crippen LogP contribution < -0.4 is 0 Å². The Morgan fingerprint density at radius 1 is 0.520 bits per heavy atom. The van der Waals surface area contributed by atoms with E-state index in [2.05, 4.69) is 80.7 Å². The van der Waals surface area contributed by atoms with Gasteiger partial charge in [-0.15, -0.1) is 0 Å². The number of hydrogen-bond acceptors (Lipinski definition) is 3. The normalized spacial score (nSPS) is 12.0. The van der Waals surface area contributed by atoms with Gasteiger partial charge in [-0.05, 0) is 60.7 Å². The first kappa shape index (κ1) is 26.8. The molecular formula is C44H22N4O2. The van der Waals surface area contributed by atoms with Crippen LogP contribution in [0.3, 0.4) is 0 Å². The van der Waals surface area contributed by atoms with Gasteiger partial charge in [0, 0.05) is 32.3 Å². The Morgan fingerprint density at radius 2 is 1.02 bits per heavy atom. The van der Waals surface area contributed by atoms with Crippen LogP contribution in [-0.4, -0.2) is 9.13 Å². The third-order valence-electron chi connectivity index (χ3n) is 10.1.